The molecule has 364 valence electrons. The number of carbonyl (C=O) groups excluding carboxylic acids is 1. The molecule has 3 atom stereocenters. The van der Waals surface area contributed by atoms with Gasteiger partial charge >= 0.3 is 7.82 Å². The minimum absolute atomic E-state index is 0.0650. The fourth-order valence-electron chi connectivity index (χ4n) is 8.04. The summed E-state index contributed by atoms with van der Waals surface area (Å²) in [6, 6.07) is -0.841. The summed E-state index contributed by atoms with van der Waals surface area (Å²) in [6.07, 6.45) is 52.9. The number of likely N-dealkylation sites (N-methyl/N-ethyl adjacent to an activating group) is 1. The third-order valence-corrected chi connectivity index (χ3v) is 13.2. The maximum Gasteiger partial charge on any atom is 0.472 e. The van der Waals surface area contributed by atoms with Crippen molar-refractivity contribution in [3.8, 4) is 0 Å². The predicted molar refractivity (Wildman–Crippen MR) is 263 cm³/mol. The Hall–Kier alpha value is -0.760. The Morgan fingerprint density at radius 1 is 0.541 bits per heavy atom. The van der Waals surface area contributed by atoms with Gasteiger partial charge in [0.05, 0.1) is 39.9 Å². The molecule has 0 rings (SSSR count). The van der Waals surface area contributed by atoms with Crippen LogP contribution in [0.2, 0.25) is 0 Å². The van der Waals surface area contributed by atoms with Crippen molar-refractivity contribution in [1.82, 2.24) is 5.32 Å². The van der Waals surface area contributed by atoms with E-state index >= 15 is 0 Å². The predicted octanol–water partition coefficient (Wildman–Crippen LogP) is 15.5. The highest BCUT2D eigenvalue weighted by molar-refractivity contribution is 7.47. The highest BCUT2D eigenvalue weighted by Gasteiger charge is 2.27. The van der Waals surface area contributed by atoms with Crippen molar-refractivity contribution in [2.45, 2.75) is 276 Å². The Kier molecular flexibility index (Phi) is 43.9. The second kappa shape index (κ2) is 44.4. The van der Waals surface area contributed by atoms with Crippen LogP contribution in [0.15, 0.2) is 12.2 Å². The fourth-order valence-corrected chi connectivity index (χ4v) is 8.78. The summed E-state index contributed by atoms with van der Waals surface area (Å²) in [6.45, 7) is 4.85. The van der Waals surface area contributed by atoms with E-state index in [0.29, 0.717) is 17.4 Å². The topological polar surface area (TPSA) is 105 Å². The largest absolute Gasteiger partial charge is 0.472 e. The van der Waals surface area contributed by atoms with E-state index in [-0.39, 0.29) is 19.1 Å². The van der Waals surface area contributed by atoms with Crippen molar-refractivity contribution in [2.75, 3.05) is 40.9 Å². The number of nitrogens with one attached hydrogen (secondary N) is 1. The van der Waals surface area contributed by atoms with E-state index < -0.39 is 20.0 Å². The fraction of sp³-hybridized carbons (Fsp3) is 0.942. The lowest BCUT2D eigenvalue weighted by Gasteiger charge is -2.25. The quantitative estimate of drug-likeness (QED) is 0.0243. The number of aliphatic hydroxyl groups excluding tert-OH is 1. The minimum Gasteiger partial charge on any atom is -0.387 e. The van der Waals surface area contributed by atoms with Gasteiger partial charge in [-0.2, -0.15) is 0 Å². The van der Waals surface area contributed by atoms with Crippen molar-refractivity contribution in [2.24, 2.45) is 0 Å². The third kappa shape index (κ3) is 47.0. The van der Waals surface area contributed by atoms with Gasteiger partial charge in [-0.3, -0.25) is 13.8 Å². The molecule has 1 amide bonds. The lowest BCUT2D eigenvalue weighted by molar-refractivity contribution is -0.870. The van der Waals surface area contributed by atoms with Gasteiger partial charge in [0.1, 0.15) is 13.2 Å². The molecular weight excluding hydrogens is 780 g/mol. The molecule has 0 saturated carbocycles. The normalized spacial score (nSPS) is 14.1. The van der Waals surface area contributed by atoms with Gasteiger partial charge in [-0.05, 0) is 19.3 Å². The van der Waals surface area contributed by atoms with E-state index in [4.69, 9.17) is 9.05 Å². The first-order valence-electron chi connectivity index (χ1n) is 26.6. The summed E-state index contributed by atoms with van der Waals surface area (Å²) < 4.78 is 23.7. The first kappa shape index (κ1) is 60.2. The second-order valence-corrected chi connectivity index (χ2v) is 21.1. The van der Waals surface area contributed by atoms with Gasteiger partial charge in [0.25, 0.3) is 0 Å². The zero-order valence-corrected chi connectivity index (χ0v) is 42.3. The van der Waals surface area contributed by atoms with Gasteiger partial charge in [-0.1, -0.05) is 251 Å². The van der Waals surface area contributed by atoms with E-state index in [1.807, 2.05) is 27.2 Å². The van der Waals surface area contributed by atoms with Crippen LogP contribution in [0, 0.1) is 0 Å². The van der Waals surface area contributed by atoms with Crippen LogP contribution in [0.4, 0.5) is 0 Å². The average Bonchev–Trinajstić information content (AvgIpc) is 3.21. The van der Waals surface area contributed by atoms with Crippen molar-refractivity contribution in [3.63, 3.8) is 0 Å². The van der Waals surface area contributed by atoms with E-state index in [1.165, 1.54) is 212 Å². The highest BCUT2D eigenvalue weighted by Crippen LogP contribution is 2.43. The smallest absolute Gasteiger partial charge is 0.387 e. The maximum absolute atomic E-state index is 12.9. The number of phosphoric acid groups is 1. The first-order chi connectivity index (χ1) is 29.5. The number of hydrogen-bond acceptors (Lipinski definition) is 5. The molecule has 0 aromatic heterocycles. The standard InChI is InChI=1S/C52H105N2O6P/c1-6-8-10-12-14-16-18-20-22-24-25-26-27-28-29-30-32-34-36-38-40-42-44-46-52(56)53-50(49-60-61(57,58)59-48-47-54(3,4)5)51(55)45-43-41-39-37-35-33-31-23-21-19-17-15-13-11-9-7-2/h43,45,50-51,55H,6-42,44,46-49H2,1-5H3,(H-,53,56,57,58)/p+1/b45-43+. The molecule has 0 aromatic rings. The zero-order valence-electron chi connectivity index (χ0n) is 41.4. The van der Waals surface area contributed by atoms with Crippen molar-refractivity contribution in [1.29, 1.82) is 0 Å². The lowest BCUT2D eigenvalue weighted by Crippen LogP contribution is -2.45. The molecule has 0 aliphatic rings. The number of aliphatic hydroxyl groups is 1. The van der Waals surface area contributed by atoms with E-state index in [1.54, 1.807) is 6.08 Å². The number of carbonyl (C=O) groups is 1. The number of nitrogens with zero attached hydrogens (tertiary/aromatic N) is 1. The van der Waals surface area contributed by atoms with Crippen LogP contribution in [0.1, 0.15) is 264 Å². The minimum atomic E-state index is -4.34. The number of amides is 1. The van der Waals surface area contributed by atoms with Crippen LogP contribution >= 0.6 is 7.82 Å². The van der Waals surface area contributed by atoms with E-state index in [2.05, 4.69) is 19.2 Å². The molecule has 0 fully saturated rings. The summed E-state index contributed by atoms with van der Waals surface area (Å²) in [5.41, 5.74) is 0. The van der Waals surface area contributed by atoms with E-state index in [9.17, 15) is 19.4 Å². The number of phosphoric ester groups is 1. The average molecular weight is 886 g/mol. The highest BCUT2D eigenvalue weighted by atomic mass is 31.2. The SMILES string of the molecule is CCCCCCCCCCCCCCCC/C=C/C(O)C(COP(=O)(O)OCC[N+](C)(C)C)NC(=O)CCCCCCCCCCCCCCCCCCCCCCCCC. The molecule has 3 N–H and O–H groups in total. The summed E-state index contributed by atoms with van der Waals surface area (Å²) in [5, 5.41) is 13.9. The van der Waals surface area contributed by atoms with Gasteiger partial charge in [0.2, 0.25) is 5.91 Å². The number of unbranched alkanes of at least 4 members (excludes halogenated alkanes) is 36. The van der Waals surface area contributed by atoms with Gasteiger partial charge in [-0.25, -0.2) is 4.57 Å². The van der Waals surface area contributed by atoms with Crippen LogP contribution in [-0.2, 0) is 18.4 Å². The zero-order chi connectivity index (χ0) is 45.0. The summed E-state index contributed by atoms with van der Waals surface area (Å²) in [4.78, 5) is 23.2. The van der Waals surface area contributed by atoms with Gasteiger partial charge in [-0.15, -0.1) is 0 Å². The molecule has 0 aliphatic carbocycles. The monoisotopic (exact) mass is 886 g/mol. The summed E-state index contributed by atoms with van der Waals surface area (Å²) in [5.74, 6) is -0.171. The number of allylic oxidation sites excluding steroid dienone is 1. The molecule has 9 heteroatoms. The molecule has 0 spiro atoms. The second-order valence-electron chi connectivity index (χ2n) is 19.6. The van der Waals surface area contributed by atoms with Crippen molar-refractivity contribution in [3.05, 3.63) is 12.2 Å². The molecule has 3 unspecified atom stereocenters. The van der Waals surface area contributed by atoms with Crippen LogP contribution in [0.5, 0.6) is 0 Å². The Labute approximate surface area is 380 Å². The first-order valence-corrected chi connectivity index (χ1v) is 28.1. The molecule has 61 heavy (non-hydrogen) atoms. The number of rotatable bonds is 49. The van der Waals surface area contributed by atoms with Crippen LogP contribution in [-0.4, -0.2) is 73.4 Å². The van der Waals surface area contributed by atoms with Crippen LogP contribution in [0.25, 0.3) is 0 Å². The molecule has 0 aromatic carbocycles. The molecule has 0 aliphatic heterocycles. The van der Waals surface area contributed by atoms with Crippen LogP contribution < -0.4 is 5.32 Å². The molecule has 0 saturated heterocycles. The summed E-state index contributed by atoms with van der Waals surface area (Å²) >= 11 is 0. The lowest BCUT2D eigenvalue weighted by atomic mass is 10.0. The Balaban J connectivity index is 4.21. The van der Waals surface area contributed by atoms with E-state index in [0.717, 1.165) is 32.1 Å². The number of hydrogen-bond donors (Lipinski definition) is 3. The van der Waals surface area contributed by atoms with Gasteiger partial charge in [0, 0.05) is 6.42 Å². The third-order valence-electron chi connectivity index (χ3n) is 12.3. The van der Waals surface area contributed by atoms with Crippen molar-refractivity contribution < 1.29 is 32.9 Å². The molecule has 0 bridgehead atoms. The van der Waals surface area contributed by atoms with Crippen LogP contribution in [0.3, 0.4) is 0 Å². The Morgan fingerprint density at radius 2 is 0.869 bits per heavy atom. The van der Waals surface area contributed by atoms with Crippen molar-refractivity contribution >= 4 is 13.7 Å². The molecular formula is C52H106N2O6P+. The van der Waals surface area contributed by atoms with Gasteiger partial charge < -0.3 is 19.8 Å². The molecule has 0 radical (unpaired) electrons. The Bertz CT molecular complexity index is 1000. The molecule has 0 heterocycles. The maximum atomic E-state index is 12.9. The summed E-state index contributed by atoms with van der Waals surface area (Å²) in [7, 11) is 1.59. The number of quaternary nitrogens is 1. The van der Waals surface area contributed by atoms with Gasteiger partial charge in [0.15, 0.2) is 0 Å². The molecule has 8 nitrogen and oxygen atoms in total. The Morgan fingerprint density at radius 3 is 1.21 bits per heavy atom.